The van der Waals surface area contributed by atoms with Crippen LogP contribution in [0.25, 0.3) is 0 Å². The van der Waals surface area contributed by atoms with Gasteiger partial charge in [-0.15, -0.1) is 0 Å². The van der Waals surface area contributed by atoms with Crippen molar-refractivity contribution in [2.45, 2.75) is 59.0 Å². The van der Waals surface area contributed by atoms with E-state index in [0.717, 1.165) is 12.0 Å². The maximum Gasteiger partial charge on any atom is 0.250 e. The predicted molar refractivity (Wildman–Crippen MR) is 106 cm³/mol. The van der Waals surface area contributed by atoms with Gasteiger partial charge in [0.25, 0.3) is 5.56 Å². The highest BCUT2D eigenvalue weighted by Crippen LogP contribution is 2.25. The van der Waals surface area contributed by atoms with Gasteiger partial charge in [-0.3, -0.25) is 9.59 Å². The summed E-state index contributed by atoms with van der Waals surface area (Å²) in [5, 5.41) is 3.13. The molecule has 0 saturated heterocycles. The molecule has 0 aliphatic rings. The van der Waals surface area contributed by atoms with E-state index in [1.54, 1.807) is 22.9 Å². The fourth-order valence-corrected chi connectivity index (χ4v) is 3.02. The van der Waals surface area contributed by atoms with Crippen molar-refractivity contribution < 1.29 is 4.79 Å². The van der Waals surface area contributed by atoms with E-state index in [1.165, 1.54) is 11.6 Å². The van der Waals surface area contributed by atoms with E-state index >= 15 is 0 Å². The molecular formula is C22H30N2O2. The fraction of sp³-hybridized carbons (Fsp3) is 0.455. The molecule has 2 rings (SSSR count). The second-order valence-electron chi connectivity index (χ2n) is 7.25. The molecule has 1 aromatic heterocycles. The Labute approximate surface area is 156 Å². The van der Waals surface area contributed by atoms with E-state index in [2.05, 4.69) is 57.3 Å². The van der Waals surface area contributed by atoms with E-state index in [0.29, 0.717) is 12.5 Å². The number of aryl methyl sites for hydroxylation is 1. The topological polar surface area (TPSA) is 51.1 Å². The SMILES string of the molecule is CCC(C)c1ccc(C(NC(=O)CCn2ccccc2=O)C(C)C)cc1. The number of nitrogens with zero attached hydrogens (tertiary/aromatic N) is 1. The lowest BCUT2D eigenvalue weighted by molar-refractivity contribution is -0.122. The summed E-state index contributed by atoms with van der Waals surface area (Å²) in [5.41, 5.74) is 2.37. The molecular weight excluding hydrogens is 324 g/mol. The van der Waals surface area contributed by atoms with Gasteiger partial charge >= 0.3 is 0 Å². The lowest BCUT2D eigenvalue weighted by Crippen LogP contribution is -2.33. The number of hydrogen-bond acceptors (Lipinski definition) is 2. The number of aromatic nitrogens is 1. The number of carbonyl (C=O) groups excluding carboxylic acids is 1. The molecule has 4 heteroatoms. The summed E-state index contributed by atoms with van der Waals surface area (Å²) in [5.74, 6) is 0.790. The Morgan fingerprint density at radius 2 is 1.69 bits per heavy atom. The largest absolute Gasteiger partial charge is 0.349 e. The first-order chi connectivity index (χ1) is 12.4. The normalized spacial score (nSPS) is 13.4. The summed E-state index contributed by atoms with van der Waals surface area (Å²) in [7, 11) is 0. The van der Waals surface area contributed by atoms with Gasteiger partial charge in [0, 0.05) is 25.2 Å². The zero-order valence-corrected chi connectivity index (χ0v) is 16.2. The molecule has 0 aliphatic heterocycles. The van der Waals surface area contributed by atoms with Gasteiger partial charge in [0.05, 0.1) is 6.04 Å². The third-order valence-corrected chi connectivity index (χ3v) is 4.94. The molecule has 1 N–H and O–H groups in total. The number of hydrogen-bond donors (Lipinski definition) is 1. The van der Waals surface area contributed by atoms with Crippen molar-refractivity contribution in [1.82, 2.24) is 9.88 Å². The van der Waals surface area contributed by atoms with Crippen LogP contribution in [-0.2, 0) is 11.3 Å². The minimum atomic E-state index is -0.0821. The Morgan fingerprint density at radius 1 is 1.04 bits per heavy atom. The molecule has 26 heavy (non-hydrogen) atoms. The molecule has 4 nitrogen and oxygen atoms in total. The molecule has 0 saturated carbocycles. The van der Waals surface area contributed by atoms with Crippen molar-refractivity contribution >= 4 is 5.91 Å². The van der Waals surface area contributed by atoms with Crippen molar-refractivity contribution in [2.24, 2.45) is 5.92 Å². The van der Waals surface area contributed by atoms with E-state index < -0.39 is 0 Å². The Balaban J connectivity index is 2.02. The van der Waals surface area contributed by atoms with Gasteiger partial charge in [-0.25, -0.2) is 0 Å². The predicted octanol–water partition coefficient (Wildman–Crippen LogP) is 4.27. The van der Waals surface area contributed by atoms with Gasteiger partial charge in [0.1, 0.15) is 0 Å². The molecule has 0 radical (unpaired) electrons. The van der Waals surface area contributed by atoms with E-state index in [4.69, 9.17) is 0 Å². The van der Waals surface area contributed by atoms with Crippen molar-refractivity contribution in [2.75, 3.05) is 0 Å². The number of benzene rings is 1. The summed E-state index contributed by atoms with van der Waals surface area (Å²) in [6.07, 6.45) is 3.11. The van der Waals surface area contributed by atoms with E-state index in [9.17, 15) is 9.59 Å². The number of carbonyl (C=O) groups is 1. The lowest BCUT2D eigenvalue weighted by Gasteiger charge is -2.24. The Bertz CT molecular complexity index is 762. The fourth-order valence-electron chi connectivity index (χ4n) is 3.02. The molecule has 0 bridgehead atoms. The average molecular weight is 354 g/mol. The molecule has 2 aromatic rings. The first-order valence-electron chi connectivity index (χ1n) is 9.47. The highest BCUT2D eigenvalue weighted by Gasteiger charge is 2.18. The number of amides is 1. The third kappa shape index (κ3) is 5.32. The molecule has 2 unspecified atom stereocenters. The highest BCUT2D eigenvalue weighted by molar-refractivity contribution is 5.76. The molecule has 0 aliphatic carbocycles. The maximum absolute atomic E-state index is 12.4. The molecule has 1 heterocycles. The van der Waals surface area contributed by atoms with Crippen LogP contribution in [0.4, 0.5) is 0 Å². The van der Waals surface area contributed by atoms with Crippen LogP contribution in [0.5, 0.6) is 0 Å². The summed E-state index contributed by atoms with van der Waals surface area (Å²) in [6.45, 7) is 9.02. The smallest absolute Gasteiger partial charge is 0.250 e. The Hall–Kier alpha value is -2.36. The van der Waals surface area contributed by atoms with Crippen LogP contribution in [-0.4, -0.2) is 10.5 Å². The standard InChI is InChI=1S/C22H30N2O2/c1-5-17(4)18-9-11-19(12-10-18)22(16(2)3)23-20(25)13-15-24-14-7-6-8-21(24)26/h6-12,14,16-17,22H,5,13,15H2,1-4H3,(H,23,25). The van der Waals surface area contributed by atoms with Gasteiger partial charge in [-0.2, -0.15) is 0 Å². The summed E-state index contributed by atoms with van der Waals surface area (Å²) < 4.78 is 1.56. The van der Waals surface area contributed by atoms with Crippen LogP contribution in [0.3, 0.4) is 0 Å². The van der Waals surface area contributed by atoms with Crippen LogP contribution in [0.15, 0.2) is 53.5 Å². The van der Waals surface area contributed by atoms with Crippen LogP contribution < -0.4 is 10.9 Å². The monoisotopic (exact) mass is 354 g/mol. The highest BCUT2D eigenvalue weighted by atomic mass is 16.2. The van der Waals surface area contributed by atoms with Crippen LogP contribution in [0.2, 0.25) is 0 Å². The first kappa shape index (κ1) is 20.0. The second-order valence-corrected chi connectivity index (χ2v) is 7.25. The van der Waals surface area contributed by atoms with Crippen LogP contribution in [0.1, 0.15) is 63.6 Å². The molecule has 0 spiro atoms. The van der Waals surface area contributed by atoms with Crippen molar-refractivity contribution in [3.05, 3.63) is 70.1 Å². The lowest BCUT2D eigenvalue weighted by atomic mass is 9.92. The summed E-state index contributed by atoms with van der Waals surface area (Å²) >= 11 is 0. The quantitative estimate of drug-likeness (QED) is 0.770. The molecule has 1 amide bonds. The minimum absolute atomic E-state index is 0.0269. The number of rotatable bonds is 8. The Kier molecular flexibility index (Phi) is 7.19. The average Bonchev–Trinajstić information content (AvgIpc) is 2.64. The van der Waals surface area contributed by atoms with E-state index in [1.807, 2.05) is 0 Å². The van der Waals surface area contributed by atoms with Gasteiger partial charge < -0.3 is 9.88 Å². The maximum atomic E-state index is 12.4. The third-order valence-electron chi connectivity index (χ3n) is 4.94. The van der Waals surface area contributed by atoms with Crippen molar-refractivity contribution in [3.8, 4) is 0 Å². The summed E-state index contributed by atoms with van der Waals surface area (Å²) in [6, 6.07) is 13.5. The second kappa shape index (κ2) is 9.37. The van der Waals surface area contributed by atoms with Crippen molar-refractivity contribution in [3.63, 3.8) is 0 Å². The number of pyridine rings is 1. The van der Waals surface area contributed by atoms with Gasteiger partial charge in [-0.1, -0.05) is 58.0 Å². The zero-order chi connectivity index (χ0) is 19.1. The van der Waals surface area contributed by atoms with Gasteiger partial charge in [0.2, 0.25) is 5.91 Å². The van der Waals surface area contributed by atoms with Gasteiger partial charge in [-0.05, 0) is 35.4 Å². The Morgan fingerprint density at radius 3 is 2.27 bits per heavy atom. The summed E-state index contributed by atoms with van der Waals surface area (Å²) in [4.78, 5) is 24.1. The molecule has 1 aromatic carbocycles. The number of nitrogens with one attached hydrogen (secondary N) is 1. The van der Waals surface area contributed by atoms with E-state index in [-0.39, 0.29) is 29.8 Å². The molecule has 2 atom stereocenters. The van der Waals surface area contributed by atoms with Crippen molar-refractivity contribution in [1.29, 1.82) is 0 Å². The molecule has 140 valence electrons. The van der Waals surface area contributed by atoms with Crippen LogP contribution >= 0.6 is 0 Å². The van der Waals surface area contributed by atoms with Crippen LogP contribution in [0, 0.1) is 5.92 Å². The van der Waals surface area contributed by atoms with Gasteiger partial charge in [0.15, 0.2) is 0 Å². The first-order valence-corrected chi connectivity index (χ1v) is 9.47. The minimum Gasteiger partial charge on any atom is -0.349 e. The molecule has 0 fully saturated rings. The zero-order valence-electron chi connectivity index (χ0n) is 16.2.